The van der Waals surface area contributed by atoms with Crippen LogP contribution in [-0.2, 0) is 16.0 Å². The third kappa shape index (κ3) is 4.00. The molecule has 1 aromatic rings. The average Bonchev–Trinajstić information content (AvgIpc) is 2.20. The van der Waals surface area contributed by atoms with E-state index in [4.69, 9.17) is 9.84 Å². The Balaban J connectivity index is 2.57. The molecule has 2 N–H and O–H groups in total. The molecule has 0 unspecified atom stereocenters. The highest BCUT2D eigenvalue weighted by atomic mass is 16.5. The maximum absolute atomic E-state index is 11.0. The van der Waals surface area contributed by atoms with Crippen molar-refractivity contribution in [2.24, 2.45) is 0 Å². The van der Waals surface area contributed by atoms with E-state index in [1.54, 1.807) is 31.2 Å². The number of aliphatic carboxylic acids is 1. The van der Waals surface area contributed by atoms with Gasteiger partial charge in [-0.15, -0.1) is 0 Å². The Kier molecular flexibility index (Phi) is 4.32. The lowest BCUT2D eigenvalue weighted by Crippen LogP contribution is -2.13. The van der Waals surface area contributed by atoms with Crippen molar-refractivity contribution >= 4 is 17.7 Å². The van der Waals surface area contributed by atoms with Gasteiger partial charge in [-0.2, -0.15) is 0 Å². The number of anilines is 1. The zero-order valence-electron chi connectivity index (χ0n) is 8.90. The lowest BCUT2D eigenvalue weighted by molar-refractivity contribution is -0.136. The summed E-state index contributed by atoms with van der Waals surface area (Å²) in [5, 5.41) is 11.1. The number of ether oxygens (including phenoxy) is 1. The molecule has 0 aliphatic heterocycles. The van der Waals surface area contributed by atoms with Crippen molar-refractivity contribution < 1.29 is 19.4 Å². The summed E-state index contributed by atoms with van der Waals surface area (Å²) in [5.41, 5.74) is 1.26. The number of carboxylic acid groups (broad SMARTS) is 1. The molecule has 1 amide bonds. The van der Waals surface area contributed by atoms with Crippen LogP contribution in [0.1, 0.15) is 12.5 Å². The number of rotatable bonds is 4. The van der Waals surface area contributed by atoms with Gasteiger partial charge in [0.05, 0.1) is 13.0 Å². The summed E-state index contributed by atoms with van der Waals surface area (Å²) in [6, 6.07) is 6.57. The topological polar surface area (TPSA) is 75.6 Å². The van der Waals surface area contributed by atoms with E-state index in [0.717, 1.165) is 0 Å². The largest absolute Gasteiger partial charge is 0.481 e. The molecular formula is C11H13NO4. The number of benzene rings is 1. The van der Waals surface area contributed by atoms with Gasteiger partial charge in [-0.05, 0) is 24.6 Å². The number of carbonyl (C=O) groups is 2. The van der Waals surface area contributed by atoms with Crippen LogP contribution in [0.3, 0.4) is 0 Å². The molecular weight excluding hydrogens is 210 g/mol. The van der Waals surface area contributed by atoms with Crippen molar-refractivity contribution in [3.8, 4) is 0 Å². The third-order valence-electron chi connectivity index (χ3n) is 1.83. The second-order valence-corrected chi connectivity index (χ2v) is 3.11. The molecule has 0 bridgehead atoms. The zero-order chi connectivity index (χ0) is 12.0. The molecule has 86 valence electrons. The summed E-state index contributed by atoms with van der Waals surface area (Å²) in [6.45, 7) is 2.03. The van der Waals surface area contributed by atoms with Crippen LogP contribution in [0, 0.1) is 0 Å². The van der Waals surface area contributed by atoms with E-state index in [1.165, 1.54) is 0 Å². The standard InChI is InChI=1S/C11H13NO4/c1-2-16-11(15)12-9-5-3-8(4-6-9)7-10(13)14/h3-6H,2,7H2,1H3,(H,12,15)(H,13,14). The quantitative estimate of drug-likeness (QED) is 0.817. The van der Waals surface area contributed by atoms with Gasteiger partial charge >= 0.3 is 12.1 Å². The molecule has 0 saturated heterocycles. The van der Waals surface area contributed by atoms with Crippen molar-refractivity contribution in [2.45, 2.75) is 13.3 Å². The molecule has 0 spiro atoms. The molecule has 0 atom stereocenters. The van der Waals surface area contributed by atoms with Crippen LogP contribution < -0.4 is 5.32 Å². The maximum Gasteiger partial charge on any atom is 0.411 e. The average molecular weight is 223 g/mol. The number of carbonyl (C=O) groups excluding carboxylic acids is 1. The van der Waals surface area contributed by atoms with Crippen LogP contribution in [0.2, 0.25) is 0 Å². The smallest absolute Gasteiger partial charge is 0.411 e. The fraction of sp³-hybridized carbons (Fsp3) is 0.273. The summed E-state index contributed by atoms with van der Waals surface area (Å²) in [5.74, 6) is -0.883. The summed E-state index contributed by atoms with van der Waals surface area (Å²) < 4.78 is 4.70. The molecule has 1 rings (SSSR count). The SMILES string of the molecule is CCOC(=O)Nc1ccc(CC(=O)O)cc1. The normalized spacial score (nSPS) is 9.56. The molecule has 0 saturated carbocycles. The van der Waals surface area contributed by atoms with E-state index < -0.39 is 12.1 Å². The van der Waals surface area contributed by atoms with Gasteiger partial charge in [0.25, 0.3) is 0 Å². The Labute approximate surface area is 93.0 Å². The van der Waals surface area contributed by atoms with Crippen LogP contribution in [0.5, 0.6) is 0 Å². The fourth-order valence-electron chi connectivity index (χ4n) is 1.17. The first-order valence-electron chi connectivity index (χ1n) is 4.86. The minimum Gasteiger partial charge on any atom is -0.481 e. The molecule has 16 heavy (non-hydrogen) atoms. The van der Waals surface area contributed by atoms with E-state index >= 15 is 0 Å². The Morgan fingerprint density at radius 2 is 1.94 bits per heavy atom. The second-order valence-electron chi connectivity index (χ2n) is 3.11. The Morgan fingerprint density at radius 3 is 2.44 bits per heavy atom. The van der Waals surface area contributed by atoms with Gasteiger partial charge in [-0.1, -0.05) is 12.1 Å². The minimum absolute atomic E-state index is 0.0281. The first-order chi connectivity index (χ1) is 7.61. The Bertz CT molecular complexity index is 372. The number of nitrogens with one attached hydrogen (secondary N) is 1. The summed E-state index contributed by atoms with van der Waals surface area (Å²) >= 11 is 0. The van der Waals surface area contributed by atoms with Crippen molar-refractivity contribution in [2.75, 3.05) is 11.9 Å². The third-order valence-corrected chi connectivity index (χ3v) is 1.83. The molecule has 5 nitrogen and oxygen atoms in total. The number of hydrogen-bond acceptors (Lipinski definition) is 3. The van der Waals surface area contributed by atoms with Gasteiger partial charge in [0.15, 0.2) is 0 Å². The van der Waals surface area contributed by atoms with Crippen LogP contribution in [0.15, 0.2) is 24.3 Å². The van der Waals surface area contributed by atoms with Crippen LogP contribution in [0.4, 0.5) is 10.5 Å². The Morgan fingerprint density at radius 1 is 1.31 bits per heavy atom. The molecule has 0 aliphatic carbocycles. The predicted molar refractivity (Wildman–Crippen MR) is 58.4 cm³/mol. The molecule has 0 aliphatic rings. The highest BCUT2D eigenvalue weighted by molar-refractivity contribution is 5.84. The number of hydrogen-bond donors (Lipinski definition) is 2. The molecule has 0 radical (unpaired) electrons. The summed E-state index contributed by atoms with van der Waals surface area (Å²) in [4.78, 5) is 21.5. The first kappa shape index (κ1) is 12.0. The highest BCUT2D eigenvalue weighted by Gasteiger charge is 2.03. The van der Waals surface area contributed by atoms with Gasteiger partial charge in [0, 0.05) is 5.69 Å². The monoisotopic (exact) mass is 223 g/mol. The second kappa shape index (κ2) is 5.75. The van der Waals surface area contributed by atoms with Crippen LogP contribution in [0.25, 0.3) is 0 Å². The van der Waals surface area contributed by atoms with E-state index in [-0.39, 0.29) is 6.42 Å². The highest BCUT2D eigenvalue weighted by Crippen LogP contribution is 2.10. The number of carboxylic acids is 1. The van der Waals surface area contributed by atoms with Crippen molar-refractivity contribution in [1.29, 1.82) is 0 Å². The van der Waals surface area contributed by atoms with Crippen LogP contribution >= 0.6 is 0 Å². The maximum atomic E-state index is 11.0. The minimum atomic E-state index is -0.883. The van der Waals surface area contributed by atoms with Crippen molar-refractivity contribution in [3.05, 3.63) is 29.8 Å². The summed E-state index contributed by atoms with van der Waals surface area (Å²) in [6.07, 6.45) is -0.548. The lowest BCUT2D eigenvalue weighted by atomic mass is 10.1. The molecule has 0 fully saturated rings. The van der Waals surface area contributed by atoms with E-state index in [2.05, 4.69) is 5.32 Å². The fourth-order valence-corrected chi connectivity index (χ4v) is 1.17. The van der Waals surface area contributed by atoms with Gasteiger partial charge in [0.1, 0.15) is 0 Å². The first-order valence-corrected chi connectivity index (χ1v) is 4.86. The molecule has 5 heteroatoms. The number of amides is 1. The zero-order valence-corrected chi connectivity index (χ0v) is 8.90. The van der Waals surface area contributed by atoms with Gasteiger partial charge < -0.3 is 9.84 Å². The van der Waals surface area contributed by atoms with Crippen molar-refractivity contribution in [3.63, 3.8) is 0 Å². The van der Waals surface area contributed by atoms with Crippen molar-refractivity contribution in [1.82, 2.24) is 0 Å². The van der Waals surface area contributed by atoms with Gasteiger partial charge in [-0.3, -0.25) is 10.1 Å². The van der Waals surface area contributed by atoms with Crippen LogP contribution in [-0.4, -0.2) is 23.8 Å². The van der Waals surface area contributed by atoms with E-state index in [1.807, 2.05) is 0 Å². The summed E-state index contributed by atoms with van der Waals surface area (Å²) in [7, 11) is 0. The predicted octanol–water partition coefficient (Wildman–Crippen LogP) is 1.88. The molecule has 1 aromatic carbocycles. The van der Waals surface area contributed by atoms with E-state index in [9.17, 15) is 9.59 Å². The molecule has 0 aromatic heterocycles. The Hall–Kier alpha value is -2.04. The van der Waals surface area contributed by atoms with Gasteiger partial charge in [0.2, 0.25) is 0 Å². The molecule has 0 heterocycles. The van der Waals surface area contributed by atoms with Gasteiger partial charge in [-0.25, -0.2) is 4.79 Å². The van der Waals surface area contributed by atoms with E-state index in [0.29, 0.717) is 17.9 Å². The lowest BCUT2D eigenvalue weighted by Gasteiger charge is -2.05.